The van der Waals surface area contributed by atoms with E-state index in [-0.39, 0.29) is 4.48 Å². The topological polar surface area (TPSA) is 120 Å². The summed E-state index contributed by atoms with van der Waals surface area (Å²) in [6.45, 7) is 2.50. The minimum Gasteiger partial charge on any atom is -0.498 e. The maximum Gasteiger partial charge on any atom is 0.264 e. The Hall–Kier alpha value is -3.11. The van der Waals surface area contributed by atoms with Gasteiger partial charge >= 0.3 is 0 Å². The van der Waals surface area contributed by atoms with Crippen molar-refractivity contribution in [3.63, 3.8) is 0 Å². The van der Waals surface area contributed by atoms with Crippen LogP contribution in [0.1, 0.15) is 5.69 Å². The third-order valence-corrected chi connectivity index (χ3v) is 4.95. The summed E-state index contributed by atoms with van der Waals surface area (Å²) in [4.78, 5) is 24.8. The van der Waals surface area contributed by atoms with Gasteiger partial charge in [0.15, 0.2) is 5.13 Å². The molecule has 0 atom stereocenters. The third kappa shape index (κ3) is 2.74. The smallest absolute Gasteiger partial charge is 0.264 e. The van der Waals surface area contributed by atoms with Crippen LogP contribution in [0.3, 0.4) is 0 Å². The zero-order valence-electron chi connectivity index (χ0n) is 13.8. The Morgan fingerprint density at radius 1 is 1.35 bits per heavy atom. The van der Waals surface area contributed by atoms with Crippen LogP contribution in [0.15, 0.2) is 36.0 Å². The Kier molecular flexibility index (Phi) is 3.98. The van der Waals surface area contributed by atoms with Crippen molar-refractivity contribution in [2.75, 3.05) is 18.4 Å². The number of aromatic amines is 1. The average molecular weight is 369 g/mol. The number of H-pyrrole nitrogens is 1. The molecule has 0 bridgehead atoms. The van der Waals surface area contributed by atoms with Crippen molar-refractivity contribution in [1.82, 2.24) is 29.6 Å². The van der Waals surface area contributed by atoms with Gasteiger partial charge in [0.2, 0.25) is 11.8 Å². The van der Waals surface area contributed by atoms with Gasteiger partial charge < -0.3 is 15.2 Å². The molecular weight excluding hydrogens is 354 g/mol. The zero-order valence-corrected chi connectivity index (χ0v) is 14.7. The van der Waals surface area contributed by atoms with E-state index in [4.69, 9.17) is 0 Å². The summed E-state index contributed by atoms with van der Waals surface area (Å²) in [5.41, 5.74) is 2.10. The molecule has 0 saturated carbocycles. The van der Waals surface area contributed by atoms with E-state index in [0.29, 0.717) is 41.2 Å². The molecule has 0 spiro atoms. The molecule has 3 aromatic rings. The van der Waals surface area contributed by atoms with Gasteiger partial charge in [0, 0.05) is 17.3 Å². The largest absolute Gasteiger partial charge is 0.498 e. The molecule has 10 heteroatoms. The molecule has 0 aliphatic carbocycles. The van der Waals surface area contributed by atoms with Gasteiger partial charge in [0.25, 0.3) is 6.09 Å². The Labute approximate surface area is 152 Å². The van der Waals surface area contributed by atoms with Gasteiger partial charge in [-0.05, 0) is 25.1 Å². The first-order chi connectivity index (χ1) is 12.6. The van der Waals surface area contributed by atoms with Crippen LogP contribution in [-0.2, 0) is 0 Å². The van der Waals surface area contributed by atoms with E-state index in [1.807, 2.05) is 30.5 Å². The van der Waals surface area contributed by atoms with Gasteiger partial charge in [-0.1, -0.05) is 0 Å². The SMILES string of the molecule is Cc1ccnc(Nc2nc(-c3cn[nH]c3[N+]3(C(=O)[O-])CC=CC3)cs2)n1. The van der Waals surface area contributed by atoms with Crippen LogP contribution in [0.2, 0.25) is 0 Å². The predicted molar refractivity (Wildman–Crippen MR) is 95.8 cm³/mol. The number of carbonyl (C=O) groups excluding carboxylic acids is 1. The van der Waals surface area contributed by atoms with Gasteiger partial charge in [0.1, 0.15) is 18.7 Å². The first-order valence-corrected chi connectivity index (χ1v) is 8.76. The van der Waals surface area contributed by atoms with Crippen LogP contribution in [0, 0.1) is 6.92 Å². The monoisotopic (exact) mass is 369 g/mol. The molecule has 26 heavy (non-hydrogen) atoms. The number of nitrogens with one attached hydrogen (secondary N) is 2. The second kappa shape index (κ2) is 6.32. The summed E-state index contributed by atoms with van der Waals surface area (Å²) < 4.78 is -0.351. The summed E-state index contributed by atoms with van der Waals surface area (Å²) in [6.07, 6.45) is 5.72. The van der Waals surface area contributed by atoms with Crippen LogP contribution < -0.4 is 14.9 Å². The van der Waals surface area contributed by atoms with Crippen molar-refractivity contribution in [2.24, 2.45) is 0 Å². The van der Waals surface area contributed by atoms with Gasteiger partial charge in [0.05, 0.1) is 11.9 Å². The number of hydrogen-bond donors (Lipinski definition) is 2. The average Bonchev–Trinajstić information content (AvgIpc) is 3.35. The highest BCUT2D eigenvalue weighted by molar-refractivity contribution is 7.14. The summed E-state index contributed by atoms with van der Waals surface area (Å²) in [7, 11) is 0. The summed E-state index contributed by atoms with van der Waals surface area (Å²) in [6, 6.07) is 1.81. The fraction of sp³-hybridized carbons (Fsp3) is 0.188. The lowest BCUT2D eigenvalue weighted by Crippen LogP contribution is -2.59. The lowest BCUT2D eigenvalue weighted by molar-refractivity contribution is -0.262. The number of thiazole rings is 1. The van der Waals surface area contributed by atoms with E-state index >= 15 is 0 Å². The Morgan fingerprint density at radius 3 is 2.88 bits per heavy atom. The molecule has 0 saturated heterocycles. The highest BCUT2D eigenvalue weighted by Gasteiger charge is 2.39. The molecule has 1 aliphatic heterocycles. The van der Waals surface area contributed by atoms with Crippen LogP contribution in [0.25, 0.3) is 11.3 Å². The number of aromatic nitrogens is 5. The molecule has 2 N–H and O–H groups in total. The Balaban J connectivity index is 1.65. The van der Waals surface area contributed by atoms with Gasteiger partial charge in [-0.25, -0.2) is 24.5 Å². The number of amides is 1. The third-order valence-electron chi connectivity index (χ3n) is 4.19. The lowest BCUT2D eigenvalue weighted by atomic mass is 10.2. The van der Waals surface area contributed by atoms with Gasteiger partial charge in [-0.15, -0.1) is 11.3 Å². The first kappa shape index (κ1) is 16.4. The molecule has 0 fully saturated rings. The van der Waals surface area contributed by atoms with Crippen molar-refractivity contribution in [3.8, 4) is 11.3 Å². The van der Waals surface area contributed by atoms with Crippen molar-refractivity contribution < 1.29 is 9.90 Å². The lowest BCUT2D eigenvalue weighted by Gasteiger charge is -2.31. The molecule has 0 radical (unpaired) electrons. The standard InChI is InChI=1S/C16H15N7O2S/c1-10-4-5-17-14(19-10)21-15-20-12(9-26-15)11-8-18-22-13(11)23(16(24)25)6-2-3-7-23/h2-5,8-9H,6-7H2,1H3,(H2-,17,18,19,20,21,22,24,25). The van der Waals surface area contributed by atoms with Crippen LogP contribution in [0.5, 0.6) is 0 Å². The van der Waals surface area contributed by atoms with E-state index in [1.165, 1.54) is 11.3 Å². The summed E-state index contributed by atoms with van der Waals surface area (Å²) >= 11 is 1.38. The molecule has 132 valence electrons. The van der Waals surface area contributed by atoms with Crippen LogP contribution in [-0.4, -0.2) is 44.3 Å². The Morgan fingerprint density at radius 2 is 2.15 bits per heavy atom. The van der Waals surface area contributed by atoms with Crippen molar-refractivity contribution in [2.45, 2.75) is 6.92 Å². The van der Waals surface area contributed by atoms with Crippen molar-refractivity contribution >= 4 is 34.3 Å². The molecule has 0 unspecified atom stereocenters. The molecule has 4 rings (SSSR count). The zero-order chi connectivity index (χ0) is 18.1. The van der Waals surface area contributed by atoms with E-state index in [9.17, 15) is 9.90 Å². The van der Waals surface area contributed by atoms with E-state index in [1.54, 1.807) is 12.4 Å². The van der Waals surface area contributed by atoms with Gasteiger partial charge in [-0.2, -0.15) is 5.10 Å². The molecule has 4 heterocycles. The quantitative estimate of drug-likeness (QED) is 0.529. The number of quaternary nitrogens is 1. The van der Waals surface area contributed by atoms with E-state index in [0.717, 1.165) is 5.69 Å². The number of anilines is 2. The number of nitrogens with zero attached hydrogens (tertiary/aromatic N) is 5. The molecule has 1 amide bonds. The fourth-order valence-electron chi connectivity index (χ4n) is 2.86. The molecule has 3 aromatic heterocycles. The predicted octanol–water partition coefficient (Wildman–Crippen LogP) is 1.60. The maximum atomic E-state index is 11.8. The minimum atomic E-state index is -1.18. The van der Waals surface area contributed by atoms with Crippen LogP contribution >= 0.6 is 11.3 Å². The van der Waals surface area contributed by atoms with Crippen molar-refractivity contribution in [3.05, 3.63) is 41.7 Å². The first-order valence-electron chi connectivity index (χ1n) is 7.88. The van der Waals surface area contributed by atoms with Crippen LogP contribution in [0.4, 0.5) is 21.7 Å². The van der Waals surface area contributed by atoms with Gasteiger partial charge in [-0.3, -0.25) is 0 Å². The van der Waals surface area contributed by atoms with Crippen molar-refractivity contribution in [1.29, 1.82) is 0 Å². The second-order valence-corrected chi connectivity index (χ2v) is 6.75. The molecule has 9 nitrogen and oxygen atoms in total. The molecule has 0 aromatic carbocycles. The number of rotatable bonds is 4. The number of carbonyl (C=O) groups is 1. The van der Waals surface area contributed by atoms with E-state index < -0.39 is 6.09 Å². The fourth-order valence-corrected chi connectivity index (χ4v) is 3.56. The maximum absolute atomic E-state index is 11.8. The highest BCUT2D eigenvalue weighted by Crippen LogP contribution is 2.36. The minimum absolute atomic E-state index is 0.309. The number of carboxylic acid groups (broad SMARTS) is 1. The normalized spacial score (nSPS) is 15.3. The number of aryl methyl sites for hydroxylation is 1. The Bertz CT molecular complexity index is 986. The number of hydrogen-bond acceptors (Lipinski definition) is 8. The molecule has 1 aliphatic rings. The van der Waals surface area contributed by atoms with E-state index in [2.05, 4.69) is 30.5 Å². The second-order valence-electron chi connectivity index (χ2n) is 5.89. The summed E-state index contributed by atoms with van der Waals surface area (Å²) in [5.74, 6) is 0.916. The highest BCUT2D eigenvalue weighted by atomic mass is 32.1. The molecular formula is C16H15N7O2S. The summed E-state index contributed by atoms with van der Waals surface area (Å²) in [5, 5.41) is 24.2.